The van der Waals surface area contributed by atoms with Gasteiger partial charge >= 0.3 is 11.9 Å². The standard InChI is InChI=1S/C20H16ClFN3O3P.2C20H15ClFN2O4P/c1-11-8-12(4-3-7-23)10-13(9-11)29(27,28-2)19-16-15(25-18(19)20(24)26)6-5-14(21)17(16)22;2*1-11-8-12(4-3-7-23)10-13(9-11)29(27,28-2)19-16-15(24-18(19)20(25)26)6-5-14(21)17(16)22/h3-6,8-10,25H,1-2H3,(H2,24,26);2*3-6,8-10,24H,1-2H3,(H,25,26)/b3*4-3+. The number of amides is 1. The van der Waals surface area contributed by atoms with Gasteiger partial charge in [0.05, 0.1) is 65.3 Å². The number of hydrogen-bond acceptors (Lipinski definition) is 12. The molecular weight excluding hydrogens is 1250 g/mol. The summed E-state index contributed by atoms with van der Waals surface area (Å²) in [4.78, 5) is 43.7. The molecule has 9 aromatic rings. The third kappa shape index (κ3) is 13.0. The fourth-order valence-electron chi connectivity index (χ4n) is 9.54. The number of aromatic amines is 3. The van der Waals surface area contributed by atoms with E-state index < -0.39 is 68.8 Å². The summed E-state index contributed by atoms with van der Waals surface area (Å²) in [6.07, 6.45) is 8.35. The summed E-state index contributed by atoms with van der Waals surface area (Å²) in [5.74, 6) is -6.36. The highest BCUT2D eigenvalue weighted by Crippen LogP contribution is 2.51. The second kappa shape index (κ2) is 26.9. The Morgan fingerprint density at radius 1 is 0.494 bits per heavy atom. The van der Waals surface area contributed by atoms with E-state index in [-0.39, 0.29) is 85.3 Å². The summed E-state index contributed by atoms with van der Waals surface area (Å²) >= 11 is 17.7. The molecule has 3 aromatic heterocycles. The second-order valence-electron chi connectivity index (χ2n) is 18.8. The van der Waals surface area contributed by atoms with E-state index in [4.69, 9.17) is 69.9 Å². The molecule has 18 nitrogen and oxygen atoms in total. The first-order valence-corrected chi connectivity index (χ1v) is 31.0. The Hall–Kier alpha value is -8.73. The number of fused-ring (bicyclic) bond motifs is 3. The topological polar surface area (TPSA) is 315 Å². The first kappa shape index (κ1) is 65.8. The highest BCUT2D eigenvalue weighted by Gasteiger charge is 2.41. The Morgan fingerprint density at radius 2 is 0.759 bits per heavy atom. The lowest BCUT2D eigenvalue weighted by Gasteiger charge is -2.19. The van der Waals surface area contributed by atoms with Crippen LogP contribution in [-0.2, 0) is 27.3 Å². The minimum Gasteiger partial charge on any atom is -0.477 e. The normalized spacial score (nSPS) is 13.5. The lowest BCUT2D eigenvalue weighted by atomic mass is 10.1. The number of allylic oxidation sites excluding steroid dienone is 3. The summed E-state index contributed by atoms with van der Waals surface area (Å²) in [7, 11) is -8.54. The van der Waals surface area contributed by atoms with Crippen LogP contribution in [0.15, 0.2) is 109 Å². The summed E-state index contributed by atoms with van der Waals surface area (Å²) in [5, 5.41) is 44.2. The predicted octanol–water partition coefficient (Wildman–Crippen LogP) is 12.5. The Balaban J connectivity index is 0.000000186. The number of nitrogens with one attached hydrogen (secondary N) is 3. The molecule has 0 radical (unpaired) electrons. The lowest BCUT2D eigenvalue weighted by Crippen LogP contribution is -2.26. The number of halogens is 6. The SMILES string of the molecule is COP(=O)(c1cc(C)cc(/C=C/C#N)c1)c1c(C(=O)O)[nH]c2ccc(Cl)c(F)c12.COP(=O)(c1cc(C)cc(/C=C/C#N)c1)c1c(C(=O)O)[nH]c2ccc(Cl)c(F)c12.COP(=O)(c1cc(C)cc(/C=C/C#N)c1)c1c(C(N)=O)[nH]c2ccc(Cl)c(F)c12. The van der Waals surface area contributed by atoms with E-state index in [1.807, 2.05) is 18.2 Å². The molecule has 3 unspecified atom stereocenters. The zero-order chi connectivity index (χ0) is 64.0. The van der Waals surface area contributed by atoms with E-state index in [0.29, 0.717) is 27.8 Å². The first-order valence-electron chi connectivity index (χ1n) is 25.0. The largest absolute Gasteiger partial charge is 0.477 e. The number of carbonyl (C=O) groups is 3. The number of H-pyrrole nitrogens is 3. The maximum atomic E-state index is 14.9. The summed E-state index contributed by atoms with van der Waals surface area (Å²) in [6, 6.07) is 28.4. The van der Waals surface area contributed by atoms with Gasteiger partial charge < -0.3 is 44.5 Å². The Bertz CT molecular complexity index is 4240. The van der Waals surface area contributed by atoms with Gasteiger partial charge in [0.25, 0.3) is 28.0 Å². The average molecular weight is 1300 g/mol. The maximum absolute atomic E-state index is 14.9. The Morgan fingerprint density at radius 3 is 1.00 bits per heavy atom. The monoisotopic (exact) mass is 1300 g/mol. The third-order valence-corrected chi connectivity index (χ3v) is 21.5. The molecule has 7 N–H and O–H groups in total. The van der Waals surface area contributed by atoms with Gasteiger partial charge in [0.1, 0.15) is 17.1 Å². The van der Waals surface area contributed by atoms with Gasteiger partial charge in [-0.1, -0.05) is 53.0 Å². The van der Waals surface area contributed by atoms with Gasteiger partial charge in [-0.05, 0) is 145 Å². The molecule has 3 atom stereocenters. The second-order valence-corrected chi connectivity index (χ2v) is 27.3. The smallest absolute Gasteiger partial charge is 0.353 e. The zero-order valence-corrected chi connectivity index (χ0v) is 51.2. The van der Waals surface area contributed by atoms with Crippen LogP contribution in [0.4, 0.5) is 13.2 Å². The van der Waals surface area contributed by atoms with E-state index in [9.17, 15) is 51.5 Å². The number of carboxylic acid groups (broad SMARTS) is 2. The van der Waals surface area contributed by atoms with Crippen molar-refractivity contribution in [2.24, 2.45) is 5.73 Å². The van der Waals surface area contributed by atoms with Crippen molar-refractivity contribution in [1.82, 2.24) is 15.0 Å². The van der Waals surface area contributed by atoms with Crippen LogP contribution < -0.4 is 37.6 Å². The van der Waals surface area contributed by atoms with Crippen molar-refractivity contribution < 1.29 is 65.0 Å². The molecule has 0 saturated carbocycles. The fraction of sp³-hybridized carbons (Fsp3) is 0.100. The molecule has 0 spiro atoms. The van der Waals surface area contributed by atoms with Gasteiger partial charge in [-0.25, -0.2) is 22.8 Å². The minimum absolute atomic E-state index is 0.118. The van der Waals surface area contributed by atoms with Gasteiger partial charge in [-0.2, -0.15) is 15.8 Å². The van der Waals surface area contributed by atoms with Crippen molar-refractivity contribution in [1.29, 1.82) is 15.8 Å². The van der Waals surface area contributed by atoms with Crippen LogP contribution in [0.5, 0.6) is 0 Å². The van der Waals surface area contributed by atoms with Crippen molar-refractivity contribution in [3.63, 3.8) is 0 Å². The van der Waals surface area contributed by atoms with Crippen molar-refractivity contribution in [3.8, 4) is 18.2 Å². The lowest BCUT2D eigenvalue weighted by molar-refractivity contribution is 0.0682. The molecule has 3 heterocycles. The minimum atomic E-state index is -4.05. The van der Waals surface area contributed by atoms with Crippen molar-refractivity contribution in [2.45, 2.75) is 20.8 Å². The molecule has 0 saturated heterocycles. The highest BCUT2D eigenvalue weighted by atomic mass is 35.5. The summed E-state index contributed by atoms with van der Waals surface area (Å²) in [6.45, 7) is 5.27. The van der Waals surface area contributed by atoms with Crippen LogP contribution in [0, 0.1) is 72.2 Å². The van der Waals surface area contributed by atoms with Gasteiger partial charge in [-0.15, -0.1) is 0 Å². The number of carbonyl (C=O) groups excluding carboxylic acids is 1. The van der Waals surface area contributed by atoms with Crippen LogP contribution in [0.3, 0.4) is 0 Å². The molecular formula is C60H46Cl3F3N7O11P3. The van der Waals surface area contributed by atoms with E-state index in [1.165, 1.54) is 106 Å². The molecule has 0 aliphatic rings. The van der Waals surface area contributed by atoms with Crippen LogP contribution in [0.25, 0.3) is 50.9 Å². The number of aryl methyl sites for hydroxylation is 3. The van der Waals surface area contributed by atoms with Crippen LogP contribution in [0.2, 0.25) is 15.1 Å². The average Bonchev–Trinajstić information content (AvgIpc) is 1.67. The van der Waals surface area contributed by atoms with Crippen LogP contribution >= 0.6 is 56.9 Å². The van der Waals surface area contributed by atoms with Crippen molar-refractivity contribution in [2.75, 3.05) is 21.3 Å². The zero-order valence-electron chi connectivity index (χ0n) is 46.2. The first-order chi connectivity index (χ1) is 41.2. The molecule has 0 aliphatic carbocycles. The molecule has 444 valence electrons. The fourth-order valence-corrected chi connectivity index (χ4v) is 16.9. The summed E-state index contributed by atoms with van der Waals surface area (Å²) in [5.41, 5.74) is 8.70. The number of aromatic nitrogens is 3. The molecule has 6 aromatic carbocycles. The molecule has 0 fully saturated rings. The number of nitrogens with two attached hydrogens (primary N) is 1. The predicted molar refractivity (Wildman–Crippen MR) is 331 cm³/mol. The molecule has 87 heavy (non-hydrogen) atoms. The van der Waals surface area contributed by atoms with Crippen molar-refractivity contribution in [3.05, 3.63) is 192 Å². The number of carboxylic acids is 2. The number of benzene rings is 6. The Kier molecular flexibility index (Phi) is 20.3. The van der Waals surface area contributed by atoms with Gasteiger partial charge in [0.2, 0.25) is 0 Å². The molecule has 9 rings (SSSR count). The molecule has 1 amide bonds. The molecule has 0 bridgehead atoms. The van der Waals surface area contributed by atoms with Gasteiger partial charge in [0.15, 0.2) is 17.5 Å². The maximum Gasteiger partial charge on any atom is 0.353 e. The number of nitriles is 3. The number of nitrogens with zero attached hydrogens (tertiary/aromatic N) is 3. The van der Waals surface area contributed by atoms with E-state index in [0.717, 1.165) is 5.56 Å². The van der Waals surface area contributed by atoms with E-state index in [1.54, 1.807) is 63.2 Å². The number of aromatic carboxylic acids is 2. The molecule has 0 aliphatic heterocycles. The van der Waals surface area contributed by atoms with Crippen LogP contribution in [0.1, 0.15) is 64.8 Å². The van der Waals surface area contributed by atoms with Crippen molar-refractivity contribution >= 4 is 158 Å². The number of hydrogen-bond donors (Lipinski definition) is 6. The van der Waals surface area contributed by atoms with Gasteiger partial charge in [0, 0.05) is 72.0 Å². The van der Waals surface area contributed by atoms with E-state index >= 15 is 0 Å². The Labute approximate surface area is 508 Å². The highest BCUT2D eigenvalue weighted by molar-refractivity contribution is 7.75. The quantitative estimate of drug-likeness (QED) is 0.0411. The number of primary amides is 1. The number of rotatable bonds is 15. The summed E-state index contributed by atoms with van der Waals surface area (Å²) < 4.78 is 103. The van der Waals surface area contributed by atoms with E-state index in [2.05, 4.69) is 15.0 Å². The van der Waals surface area contributed by atoms with Gasteiger partial charge in [-0.3, -0.25) is 18.5 Å². The van der Waals surface area contributed by atoms with Crippen LogP contribution in [-0.4, -0.2) is 64.3 Å². The third-order valence-electron chi connectivity index (χ3n) is 13.1. The molecule has 27 heteroatoms.